The van der Waals surface area contributed by atoms with Gasteiger partial charge < -0.3 is 10.6 Å². The molecule has 0 aliphatic heterocycles. The lowest BCUT2D eigenvalue weighted by Crippen LogP contribution is -2.45. The summed E-state index contributed by atoms with van der Waals surface area (Å²) >= 11 is 0.938. The number of rotatable bonds is 6. The van der Waals surface area contributed by atoms with Gasteiger partial charge in [0.05, 0.1) is 11.7 Å². The van der Waals surface area contributed by atoms with E-state index < -0.39 is 21.8 Å². The van der Waals surface area contributed by atoms with E-state index in [4.69, 9.17) is 0 Å². The Balaban J connectivity index is 1.49. The van der Waals surface area contributed by atoms with Crippen molar-refractivity contribution in [3.05, 3.63) is 18.2 Å². The molecule has 1 aliphatic carbocycles. The number of nitrogens with zero attached hydrogens (tertiary/aromatic N) is 2. The van der Waals surface area contributed by atoms with Gasteiger partial charge in [0.15, 0.2) is 0 Å². The van der Waals surface area contributed by atoms with Gasteiger partial charge in [-0.2, -0.15) is 8.75 Å². The van der Waals surface area contributed by atoms with Crippen molar-refractivity contribution >= 4 is 44.6 Å². The molecule has 140 valence electrons. The third kappa shape index (κ3) is 4.34. The summed E-state index contributed by atoms with van der Waals surface area (Å²) in [5.74, 6) is -1.44. The zero-order chi connectivity index (χ0) is 18.6. The van der Waals surface area contributed by atoms with E-state index in [1.807, 2.05) is 0 Å². The number of hydrogen-bond donors (Lipinski definition) is 3. The highest BCUT2D eigenvalue weighted by molar-refractivity contribution is 7.89. The summed E-state index contributed by atoms with van der Waals surface area (Å²) in [6, 6.07) is 4.77. The van der Waals surface area contributed by atoms with Crippen LogP contribution in [0.4, 0.5) is 0 Å². The van der Waals surface area contributed by atoms with Crippen LogP contribution in [0.5, 0.6) is 0 Å². The highest BCUT2D eigenvalue weighted by Gasteiger charge is 2.22. The topological polar surface area (TPSA) is 130 Å². The minimum Gasteiger partial charge on any atom is -0.347 e. The van der Waals surface area contributed by atoms with Crippen LogP contribution in [0.2, 0.25) is 0 Å². The van der Waals surface area contributed by atoms with Gasteiger partial charge in [0.2, 0.25) is 10.0 Å². The first-order chi connectivity index (χ1) is 12.5. The van der Waals surface area contributed by atoms with Gasteiger partial charge in [-0.15, -0.1) is 0 Å². The molecule has 1 aromatic carbocycles. The van der Waals surface area contributed by atoms with Crippen LogP contribution < -0.4 is 15.4 Å². The van der Waals surface area contributed by atoms with E-state index in [1.54, 1.807) is 12.1 Å². The molecule has 26 heavy (non-hydrogen) atoms. The third-order valence-corrected chi connectivity index (χ3v) is 6.17. The number of sulfonamides is 1. The molecule has 0 atom stereocenters. The molecule has 2 aromatic rings. The maximum Gasteiger partial charge on any atom is 0.309 e. The monoisotopic (exact) mass is 397 g/mol. The zero-order valence-corrected chi connectivity index (χ0v) is 15.5. The first-order valence-electron chi connectivity index (χ1n) is 8.27. The van der Waals surface area contributed by atoms with Gasteiger partial charge in [0, 0.05) is 19.1 Å². The molecular formula is C15H19N5O4S2. The second-order valence-corrected chi connectivity index (χ2v) is 8.26. The minimum absolute atomic E-state index is 0.00143. The first-order valence-corrected chi connectivity index (χ1v) is 10.5. The van der Waals surface area contributed by atoms with Crippen molar-refractivity contribution in [2.75, 3.05) is 13.1 Å². The summed E-state index contributed by atoms with van der Waals surface area (Å²) in [6.45, 7) is -0.0415. The number of nitrogens with one attached hydrogen (secondary N) is 3. The molecule has 1 fully saturated rings. The summed E-state index contributed by atoms with van der Waals surface area (Å²) in [6.07, 6.45) is 3.87. The molecule has 1 heterocycles. The highest BCUT2D eigenvalue weighted by atomic mass is 32.2. The van der Waals surface area contributed by atoms with Crippen LogP contribution in [0.25, 0.3) is 11.0 Å². The maximum atomic E-state index is 12.4. The summed E-state index contributed by atoms with van der Waals surface area (Å²) < 4.78 is 35.2. The summed E-state index contributed by atoms with van der Waals surface area (Å²) in [5.41, 5.74) is 0.819. The van der Waals surface area contributed by atoms with Gasteiger partial charge in [0.25, 0.3) is 0 Å². The summed E-state index contributed by atoms with van der Waals surface area (Å²) in [5, 5.41) is 5.08. The predicted molar refractivity (Wildman–Crippen MR) is 96.0 cm³/mol. The normalized spacial score (nSPS) is 15.2. The van der Waals surface area contributed by atoms with E-state index in [9.17, 15) is 18.0 Å². The predicted octanol–water partition coefficient (Wildman–Crippen LogP) is 0.145. The SMILES string of the molecule is O=C(NCCNS(=O)(=O)c1cccc2nsnc12)C(=O)NC1CCCC1. The smallest absolute Gasteiger partial charge is 0.309 e. The van der Waals surface area contributed by atoms with Gasteiger partial charge >= 0.3 is 11.8 Å². The van der Waals surface area contributed by atoms with E-state index in [-0.39, 0.29) is 24.0 Å². The first kappa shape index (κ1) is 18.7. The lowest BCUT2D eigenvalue weighted by Gasteiger charge is -2.12. The number of carbonyl (C=O) groups is 2. The van der Waals surface area contributed by atoms with Crippen molar-refractivity contribution in [2.45, 2.75) is 36.6 Å². The lowest BCUT2D eigenvalue weighted by molar-refractivity contribution is -0.139. The maximum absolute atomic E-state index is 12.4. The molecule has 9 nitrogen and oxygen atoms in total. The Kier molecular flexibility index (Phi) is 5.79. The Morgan fingerprint density at radius 3 is 2.65 bits per heavy atom. The molecule has 11 heteroatoms. The number of hydrogen-bond acceptors (Lipinski definition) is 7. The Labute approximate surface area is 154 Å². The van der Waals surface area contributed by atoms with Crippen LogP contribution >= 0.6 is 11.7 Å². The summed E-state index contributed by atoms with van der Waals surface area (Å²) in [4.78, 5) is 23.5. The quantitative estimate of drug-likeness (QED) is 0.470. The molecular weight excluding hydrogens is 378 g/mol. The van der Waals surface area contributed by atoms with Crippen molar-refractivity contribution < 1.29 is 18.0 Å². The fraction of sp³-hybridized carbons (Fsp3) is 0.467. The number of carbonyl (C=O) groups excluding carboxylic acids is 2. The van der Waals surface area contributed by atoms with Crippen LogP contribution in [0.15, 0.2) is 23.1 Å². The molecule has 3 rings (SSSR count). The van der Waals surface area contributed by atoms with Crippen LogP contribution in [-0.2, 0) is 19.6 Å². The van der Waals surface area contributed by atoms with Crippen molar-refractivity contribution in [3.63, 3.8) is 0 Å². The van der Waals surface area contributed by atoms with Gasteiger partial charge in [-0.05, 0) is 25.0 Å². The van der Waals surface area contributed by atoms with E-state index in [0.29, 0.717) is 11.0 Å². The average Bonchev–Trinajstić information content (AvgIpc) is 3.29. The average molecular weight is 397 g/mol. The van der Waals surface area contributed by atoms with E-state index in [1.165, 1.54) is 6.07 Å². The van der Waals surface area contributed by atoms with Gasteiger partial charge in [-0.25, -0.2) is 13.1 Å². The molecule has 0 unspecified atom stereocenters. The molecule has 0 radical (unpaired) electrons. The largest absolute Gasteiger partial charge is 0.347 e. The fourth-order valence-corrected chi connectivity index (χ4v) is 4.63. The molecule has 1 saturated carbocycles. The molecule has 0 bridgehead atoms. The van der Waals surface area contributed by atoms with Crippen LogP contribution in [-0.4, -0.2) is 48.1 Å². The van der Waals surface area contributed by atoms with Crippen LogP contribution in [0.3, 0.4) is 0 Å². The van der Waals surface area contributed by atoms with Crippen LogP contribution in [0.1, 0.15) is 25.7 Å². The Morgan fingerprint density at radius 2 is 1.88 bits per heavy atom. The second-order valence-electron chi connectivity index (χ2n) is 6.00. The molecule has 3 N–H and O–H groups in total. The lowest BCUT2D eigenvalue weighted by atomic mass is 10.2. The molecule has 1 aromatic heterocycles. The molecule has 1 aliphatic rings. The highest BCUT2D eigenvalue weighted by Crippen LogP contribution is 2.20. The number of fused-ring (bicyclic) bond motifs is 1. The van der Waals surface area contributed by atoms with Crippen molar-refractivity contribution in [2.24, 2.45) is 0 Å². The van der Waals surface area contributed by atoms with E-state index in [2.05, 4.69) is 24.1 Å². The molecule has 0 saturated heterocycles. The van der Waals surface area contributed by atoms with Crippen molar-refractivity contribution in [1.82, 2.24) is 24.1 Å². The van der Waals surface area contributed by atoms with Crippen molar-refractivity contribution in [1.29, 1.82) is 0 Å². The van der Waals surface area contributed by atoms with Crippen molar-refractivity contribution in [3.8, 4) is 0 Å². The molecule has 2 amide bonds. The fourth-order valence-electron chi connectivity index (χ4n) is 2.84. The minimum atomic E-state index is -3.79. The Bertz CT molecular complexity index is 906. The van der Waals surface area contributed by atoms with Crippen LogP contribution in [0, 0.1) is 0 Å². The molecule has 0 spiro atoms. The van der Waals surface area contributed by atoms with E-state index in [0.717, 1.165) is 37.4 Å². The van der Waals surface area contributed by atoms with Gasteiger partial charge in [0.1, 0.15) is 15.9 Å². The number of benzene rings is 1. The van der Waals surface area contributed by atoms with Gasteiger partial charge in [-0.1, -0.05) is 18.9 Å². The standard InChI is InChI=1S/C15H19N5O4S2/c21-14(15(22)18-10-4-1-2-5-10)16-8-9-17-26(23,24)12-7-3-6-11-13(12)20-25-19-11/h3,6-7,10,17H,1-2,4-5,8-9H2,(H,16,21)(H,18,22). The second kappa shape index (κ2) is 8.06. The van der Waals surface area contributed by atoms with Gasteiger partial charge in [-0.3, -0.25) is 9.59 Å². The zero-order valence-electron chi connectivity index (χ0n) is 13.9. The summed E-state index contributed by atoms with van der Waals surface area (Å²) in [7, 11) is -3.79. The number of amides is 2. The Morgan fingerprint density at radius 1 is 1.12 bits per heavy atom. The third-order valence-electron chi connectivity index (χ3n) is 4.14. The van der Waals surface area contributed by atoms with E-state index >= 15 is 0 Å². The Hall–Kier alpha value is -2.11. The number of aromatic nitrogens is 2.